The van der Waals surface area contributed by atoms with E-state index < -0.39 is 0 Å². The first-order valence-corrected chi connectivity index (χ1v) is 5.91. The normalized spacial score (nSPS) is 11.7. The van der Waals surface area contributed by atoms with E-state index in [1.165, 1.54) is 0 Å². The van der Waals surface area contributed by atoms with Crippen LogP contribution in [0.25, 0.3) is 5.69 Å². The first-order chi connectivity index (χ1) is 7.91. The summed E-state index contributed by atoms with van der Waals surface area (Å²) in [6.45, 7) is 6.04. The van der Waals surface area contributed by atoms with Gasteiger partial charge in [-0.25, -0.2) is 0 Å². The predicted octanol–water partition coefficient (Wildman–Crippen LogP) is 3.47. The minimum Gasteiger partial charge on any atom is -0.493 e. The largest absolute Gasteiger partial charge is 0.493 e. The summed E-state index contributed by atoms with van der Waals surface area (Å²) in [6.07, 6.45) is 1.66. The van der Waals surface area contributed by atoms with Crippen LogP contribution in [0.3, 0.4) is 0 Å². The summed E-state index contributed by atoms with van der Waals surface area (Å²) >= 11 is 5.41. The highest BCUT2D eigenvalue weighted by Crippen LogP contribution is 2.25. The molecule has 0 saturated heterocycles. The summed E-state index contributed by atoms with van der Waals surface area (Å²) in [5.74, 6) is 0.186. The van der Waals surface area contributed by atoms with E-state index in [0.717, 1.165) is 5.69 Å². The topological polar surface area (TPSA) is 30.1 Å². The SMILES string of the molecule is CC(C)(C)n1c(O)cn(-c2ccccc2)c1=S. The molecule has 0 bridgehead atoms. The van der Waals surface area contributed by atoms with Gasteiger partial charge in [0.25, 0.3) is 0 Å². The van der Waals surface area contributed by atoms with Crippen molar-refractivity contribution < 1.29 is 5.11 Å². The summed E-state index contributed by atoms with van der Waals surface area (Å²) in [7, 11) is 0. The molecule has 1 aromatic heterocycles. The van der Waals surface area contributed by atoms with E-state index in [0.29, 0.717) is 4.77 Å². The Balaban J connectivity index is 2.65. The number of aromatic nitrogens is 2. The molecule has 0 atom stereocenters. The molecule has 0 aliphatic rings. The molecule has 17 heavy (non-hydrogen) atoms. The van der Waals surface area contributed by atoms with E-state index in [1.807, 2.05) is 55.7 Å². The summed E-state index contributed by atoms with van der Waals surface area (Å²) in [4.78, 5) is 0. The number of rotatable bonds is 1. The zero-order chi connectivity index (χ0) is 12.6. The Morgan fingerprint density at radius 1 is 1.12 bits per heavy atom. The molecule has 0 aliphatic heterocycles. The Labute approximate surface area is 106 Å². The van der Waals surface area contributed by atoms with Crippen molar-refractivity contribution in [2.45, 2.75) is 26.3 Å². The number of benzene rings is 1. The third-order valence-corrected chi connectivity index (χ3v) is 2.96. The maximum Gasteiger partial charge on any atom is 0.211 e. The Bertz CT molecular complexity index is 576. The monoisotopic (exact) mass is 248 g/mol. The molecule has 0 aliphatic carbocycles. The summed E-state index contributed by atoms with van der Waals surface area (Å²) in [5.41, 5.74) is 0.720. The fourth-order valence-corrected chi connectivity index (χ4v) is 2.36. The van der Waals surface area contributed by atoms with E-state index in [-0.39, 0.29) is 11.4 Å². The third kappa shape index (κ3) is 2.13. The van der Waals surface area contributed by atoms with Crippen LogP contribution < -0.4 is 0 Å². The van der Waals surface area contributed by atoms with E-state index in [9.17, 15) is 5.11 Å². The van der Waals surface area contributed by atoms with Gasteiger partial charge in [-0.3, -0.25) is 9.13 Å². The van der Waals surface area contributed by atoms with Crippen molar-refractivity contribution in [1.82, 2.24) is 9.13 Å². The minimum absolute atomic E-state index is 0.186. The van der Waals surface area contributed by atoms with Crippen molar-refractivity contribution in [3.05, 3.63) is 41.3 Å². The number of hydrogen-bond acceptors (Lipinski definition) is 2. The van der Waals surface area contributed by atoms with Crippen molar-refractivity contribution >= 4 is 12.2 Å². The number of aromatic hydroxyl groups is 1. The Morgan fingerprint density at radius 2 is 1.71 bits per heavy atom. The highest BCUT2D eigenvalue weighted by atomic mass is 32.1. The van der Waals surface area contributed by atoms with Crippen LogP contribution in [-0.2, 0) is 5.54 Å². The van der Waals surface area contributed by atoms with Crippen LogP contribution in [0.4, 0.5) is 0 Å². The minimum atomic E-state index is -0.235. The molecule has 90 valence electrons. The van der Waals surface area contributed by atoms with Crippen LogP contribution in [0.1, 0.15) is 20.8 Å². The van der Waals surface area contributed by atoms with Crippen LogP contribution >= 0.6 is 12.2 Å². The molecule has 2 rings (SSSR count). The molecule has 0 spiro atoms. The highest BCUT2D eigenvalue weighted by Gasteiger charge is 2.20. The highest BCUT2D eigenvalue weighted by molar-refractivity contribution is 7.71. The fourth-order valence-electron chi connectivity index (χ4n) is 1.84. The smallest absolute Gasteiger partial charge is 0.211 e. The van der Waals surface area contributed by atoms with E-state index in [4.69, 9.17) is 12.2 Å². The Kier molecular flexibility index (Phi) is 2.83. The van der Waals surface area contributed by atoms with Gasteiger partial charge in [0.1, 0.15) is 0 Å². The first-order valence-electron chi connectivity index (χ1n) is 5.50. The molecular formula is C13H16N2OS. The standard InChI is InChI=1S/C13H16N2OS/c1-13(2,3)15-11(16)9-14(12(15)17)10-7-5-4-6-8-10/h4-9,16H,1-3H3. The lowest BCUT2D eigenvalue weighted by molar-refractivity contribution is 0.322. The number of hydrogen-bond donors (Lipinski definition) is 1. The summed E-state index contributed by atoms with van der Waals surface area (Å²) < 4.78 is 4.16. The van der Waals surface area contributed by atoms with Gasteiger partial charge < -0.3 is 5.11 Å². The van der Waals surface area contributed by atoms with Crippen molar-refractivity contribution in [3.63, 3.8) is 0 Å². The van der Waals surface area contributed by atoms with Gasteiger partial charge in [-0.2, -0.15) is 0 Å². The quantitative estimate of drug-likeness (QED) is 0.783. The van der Waals surface area contributed by atoms with Crippen molar-refractivity contribution in [1.29, 1.82) is 0 Å². The van der Waals surface area contributed by atoms with Gasteiger partial charge in [0.15, 0.2) is 4.77 Å². The molecule has 0 saturated carbocycles. The molecule has 3 nitrogen and oxygen atoms in total. The van der Waals surface area contributed by atoms with Gasteiger partial charge >= 0.3 is 0 Å². The molecular weight excluding hydrogens is 232 g/mol. The molecule has 0 radical (unpaired) electrons. The van der Waals surface area contributed by atoms with Crippen molar-refractivity contribution in [2.24, 2.45) is 0 Å². The van der Waals surface area contributed by atoms with E-state index in [1.54, 1.807) is 10.8 Å². The number of imidazole rings is 1. The van der Waals surface area contributed by atoms with Gasteiger partial charge in [0.05, 0.1) is 6.20 Å². The Hall–Kier alpha value is -1.55. The fraction of sp³-hybridized carbons (Fsp3) is 0.308. The number of nitrogens with zero attached hydrogens (tertiary/aromatic N) is 2. The van der Waals surface area contributed by atoms with Crippen LogP contribution in [0, 0.1) is 4.77 Å². The van der Waals surface area contributed by atoms with Crippen LogP contribution in [0.2, 0.25) is 0 Å². The van der Waals surface area contributed by atoms with Crippen molar-refractivity contribution in [3.8, 4) is 11.6 Å². The lowest BCUT2D eigenvalue weighted by atomic mass is 10.1. The number of para-hydroxylation sites is 1. The van der Waals surface area contributed by atoms with Gasteiger partial charge in [0.2, 0.25) is 5.88 Å². The molecule has 1 N–H and O–H groups in total. The molecule has 2 aromatic rings. The lowest BCUT2D eigenvalue weighted by Gasteiger charge is -2.21. The molecule has 4 heteroatoms. The van der Waals surface area contributed by atoms with Gasteiger partial charge in [0, 0.05) is 11.2 Å². The second kappa shape index (κ2) is 4.04. The van der Waals surface area contributed by atoms with Gasteiger partial charge in [-0.1, -0.05) is 18.2 Å². The first kappa shape index (κ1) is 11.9. The second-order valence-electron chi connectivity index (χ2n) is 4.98. The summed E-state index contributed by atoms with van der Waals surface area (Å²) in [6, 6.07) is 9.77. The molecule has 0 unspecified atom stereocenters. The van der Waals surface area contributed by atoms with E-state index >= 15 is 0 Å². The molecule has 1 aromatic carbocycles. The third-order valence-electron chi connectivity index (χ3n) is 2.58. The zero-order valence-corrected chi connectivity index (χ0v) is 11.0. The van der Waals surface area contributed by atoms with Gasteiger partial charge in [-0.15, -0.1) is 0 Å². The maximum atomic E-state index is 9.98. The Morgan fingerprint density at radius 3 is 2.18 bits per heavy atom. The van der Waals surface area contributed by atoms with E-state index in [2.05, 4.69) is 0 Å². The van der Waals surface area contributed by atoms with Crippen LogP contribution in [-0.4, -0.2) is 14.2 Å². The lowest BCUT2D eigenvalue weighted by Crippen LogP contribution is -2.21. The van der Waals surface area contributed by atoms with Crippen LogP contribution in [0.15, 0.2) is 36.5 Å². The zero-order valence-electron chi connectivity index (χ0n) is 10.2. The molecule has 0 fully saturated rings. The van der Waals surface area contributed by atoms with Crippen LogP contribution in [0.5, 0.6) is 5.88 Å². The molecule has 0 amide bonds. The average Bonchev–Trinajstić information content (AvgIpc) is 2.54. The average molecular weight is 248 g/mol. The summed E-state index contributed by atoms with van der Waals surface area (Å²) in [5, 5.41) is 9.98. The maximum absolute atomic E-state index is 9.98. The second-order valence-corrected chi connectivity index (χ2v) is 5.35. The van der Waals surface area contributed by atoms with Crippen molar-refractivity contribution in [2.75, 3.05) is 0 Å². The predicted molar refractivity (Wildman–Crippen MR) is 71.3 cm³/mol. The van der Waals surface area contributed by atoms with Gasteiger partial charge in [-0.05, 0) is 45.1 Å². The molecule has 1 heterocycles.